The van der Waals surface area contributed by atoms with Gasteiger partial charge in [0.25, 0.3) is 0 Å². The van der Waals surface area contributed by atoms with Gasteiger partial charge in [0.15, 0.2) is 0 Å². The fourth-order valence-corrected chi connectivity index (χ4v) is 5.55. The van der Waals surface area contributed by atoms with Gasteiger partial charge in [-0.25, -0.2) is 0 Å². The van der Waals surface area contributed by atoms with Crippen molar-refractivity contribution in [1.82, 2.24) is 0 Å². The van der Waals surface area contributed by atoms with Crippen LogP contribution in [0.5, 0.6) is 0 Å². The number of carbonyl (C=O) groups is 2. The van der Waals surface area contributed by atoms with Crippen LogP contribution in [0, 0.1) is 0 Å². The minimum atomic E-state index is 0.00445. The van der Waals surface area contributed by atoms with Crippen molar-refractivity contribution in [2.45, 2.75) is 193 Å². The molecule has 0 amide bonds. The van der Waals surface area contributed by atoms with Crippen molar-refractivity contribution in [3.8, 4) is 0 Å². The minimum absolute atomic E-state index is 0.00445. The number of carbonyl (C=O) groups excluding carboxylic acids is 2. The molecule has 40 heavy (non-hydrogen) atoms. The van der Waals surface area contributed by atoms with Gasteiger partial charge in [-0.1, -0.05) is 141 Å². The molecule has 0 spiro atoms. The van der Waals surface area contributed by atoms with Gasteiger partial charge in [-0.2, -0.15) is 0 Å². The van der Waals surface area contributed by atoms with Crippen molar-refractivity contribution in [3.05, 3.63) is 12.2 Å². The molecule has 0 saturated heterocycles. The predicted octanol–water partition coefficient (Wildman–Crippen LogP) is 11.3. The Kier molecular flexibility index (Phi) is 28.1. The second kappa shape index (κ2) is 30.6. The minimum Gasteiger partial charge on any atom is -0.466 e. The first-order chi connectivity index (χ1) is 19.8. The number of cyclic esters (lactones) is 2. The first kappa shape index (κ1) is 36.7. The standard InChI is InChI=1S/C36H66O4/c37-35-31-27-23-19-15-11-7-3-1-2-4-8-12-16-20-24-28-32-36(38)40-34-30-26-22-18-14-10-6-5-9-13-17-21-25-29-33-39-35/h1-2H,3-34H2/b2-1+. The molecule has 1 aliphatic rings. The van der Waals surface area contributed by atoms with Crippen molar-refractivity contribution in [3.63, 3.8) is 0 Å². The maximum atomic E-state index is 11.9. The Balaban J connectivity index is 2.13. The SMILES string of the molecule is O=C1CCCCCCCC/C=C/CCCCCCCCC(=O)OCCCCCCCCCCCCCCCCO1. The van der Waals surface area contributed by atoms with Gasteiger partial charge >= 0.3 is 11.9 Å². The maximum absolute atomic E-state index is 11.9. The number of allylic oxidation sites excluding steroid dienone is 2. The lowest BCUT2D eigenvalue weighted by atomic mass is 10.0. The van der Waals surface area contributed by atoms with Crippen molar-refractivity contribution < 1.29 is 19.1 Å². The van der Waals surface area contributed by atoms with Gasteiger partial charge in [0.1, 0.15) is 0 Å². The van der Waals surface area contributed by atoms with Crippen LogP contribution < -0.4 is 0 Å². The van der Waals surface area contributed by atoms with Crippen LogP contribution in [-0.2, 0) is 19.1 Å². The number of esters is 2. The summed E-state index contributed by atoms with van der Waals surface area (Å²) in [6, 6.07) is 0. The molecule has 1 rings (SSSR count). The van der Waals surface area contributed by atoms with E-state index in [0.29, 0.717) is 26.1 Å². The molecule has 0 bridgehead atoms. The van der Waals surface area contributed by atoms with Gasteiger partial charge in [0.2, 0.25) is 0 Å². The van der Waals surface area contributed by atoms with E-state index in [1.165, 1.54) is 141 Å². The van der Waals surface area contributed by atoms with Crippen LogP contribution in [0.2, 0.25) is 0 Å². The molecule has 0 aromatic carbocycles. The van der Waals surface area contributed by atoms with E-state index in [-0.39, 0.29) is 11.9 Å². The van der Waals surface area contributed by atoms with Crippen LogP contribution in [-0.4, -0.2) is 25.2 Å². The summed E-state index contributed by atoms with van der Waals surface area (Å²) >= 11 is 0. The second-order valence-electron chi connectivity index (χ2n) is 12.2. The fraction of sp³-hybridized carbons (Fsp3) is 0.889. The average molecular weight is 563 g/mol. The third kappa shape index (κ3) is 28.2. The number of hydrogen-bond donors (Lipinski definition) is 0. The zero-order valence-corrected chi connectivity index (χ0v) is 26.4. The summed E-state index contributed by atoms with van der Waals surface area (Å²) in [6.45, 7) is 1.22. The van der Waals surface area contributed by atoms with Crippen molar-refractivity contribution in [2.75, 3.05) is 13.2 Å². The quantitative estimate of drug-likeness (QED) is 0.218. The Morgan fingerprint density at radius 3 is 0.900 bits per heavy atom. The lowest BCUT2D eigenvalue weighted by Gasteiger charge is -2.06. The summed E-state index contributed by atoms with van der Waals surface area (Å²) in [4.78, 5) is 23.8. The third-order valence-corrected chi connectivity index (χ3v) is 8.23. The highest BCUT2D eigenvalue weighted by molar-refractivity contribution is 5.69. The Morgan fingerprint density at radius 1 is 0.325 bits per heavy atom. The van der Waals surface area contributed by atoms with Gasteiger partial charge in [-0.3, -0.25) is 9.59 Å². The molecule has 0 fully saturated rings. The molecule has 1 heterocycles. The van der Waals surface area contributed by atoms with Crippen LogP contribution in [0.3, 0.4) is 0 Å². The lowest BCUT2D eigenvalue weighted by molar-refractivity contribution is -0.144. The topological polar surface area (TPSA) is 52.6 Å². The van der Waals surface area contributed by atoms with Gasteiger partial charge < -0.3 is 9.47 Å². The van der Waals surface area contributed by atoms with Crippen molar-refractivity contribution >= 4 is 11.9 Å². The lowest BCUT2D eigenvalue weighted by Crippen LogP contribution is -2.05. The molecule has 0 atom stereocenters. The third-order valence-electron chi connectivity index (χ3n) is 8.23. The summed E-state index contributed by atoms with van der Waals surface area (Å²) < 4.78 is 10.9. The molecule has 1 aliphatic heterocycles. The number of ether oxygens (including phenoxy) is 2. The smallest absolute Gasteiger partial charge is 0.305 e. The number of rotatable bonds is 0. The second-order valence-corrected chi connectivity index (χ2v) is 12.2. The van der Waals surface area contributed by atoms with E-state index in [1.807, 2.05) is 0 Å². The Labute approximate surface area is 248 Å². The molecular formula is C36H66O4. The average Bonchev–Trinajstić information content (AvgIpc) is 2.95. The van der Waals surface area contributed by atoms with Gasteiger partial charge in [0, 0.05) is 12.8 Å². The van der Waals surface area contributed by atoms with E-state index in [1.54, 1.807) is 0 Å². The van der Waals surface area contributed by atoms with Crippen LogP contribution in [0.15, 0.2) is 12.2 Å². The first-order valence-corrected chi connectivity index (χ1v) is 17.8. The summed E-state index contributed by atoms with van der Waals surface area (Å²) in [5, 5.41) is 0. The summed E-state index contributed by atoms with van der Waals surface area (Å²) in [5.74, 6) is 0.00891. The zero-order chi connectivity index (χ0) is 28.6. The summed E-state index contributed by atoms with van der Waals surface area (Å²) in [6.07, 6.45) is 40.4. The van der Waals surface area contributed by atoms with E-state index in [2.05, 4.69) is 12.2 Å². The largest absolute Gasteiger partial charge is 0.466 e. The predicted molar refractivity (Wildman–Crippen MR) is 170 cm³/mol. The molecule has 0 aliphatic carbocycles. The molecule has 4 heteroatoms. The molecule has 0 aromatic heterocycles. The summed E-state index contributed by atoms with van der Waals surface area (Å²) in [5.41, 5.74) is 0. The molecule has 0 saturated carbocycles. The molecule has 0 radical (unpaired) electrons. The van der Waals surface area contributed by atoms with Crippen molar-refractivity contribution in [1.29, 1.82) is 0 Å². The molecular weight excluding hydrogens is 496 g/mol. The Hall–Kier alpha value is -1.32. The van der Waals surface area contributed by atoms with Crippen LogP contribution in [0.4, 0.5) is 0 Å². The van der Waals surface area contributed by atoms with Crippen LogP contribution in [0.25, 0.3) is 0 Å². The van der Waals surface area contributed by atoms with E-state index >= 15 is 0 Å². The highest BCUT2D eigenvalue weighted by atomic mass is 16.5. The van der Waals surface area contributed by atoms with Gasteiger partial charge in [-0.05, 0) is 51.4 Å². The first-order valence-electron chi connectivity index (χ1n) is 17.8. The molecule has 234 valence electrons. The molecule has 4 nitrogen and oxygen atoms in total. The fourth-order valence-electron chi connectivity index (χ4n) is 5.55. The zero-order valence-electron chi connectivity index (χ0n) is 26.4. The number of hydrogen-bond acceptors (Lipinski definition) is 4. The van der Waals surface area contributed by atoms with E-state index < -0.39 is 0 Å². The Bertz CT molecular complexity index is 535. The molecule has 0 N–H and O–H groups in total. The molecule has 0 unspecified atom stereocenters. The maximum Gasteiger partial charge on any atom is 0.305 e. The van der Waals surface area contributed by atoms with E-state index in [9.17, 15) is 9.59 Å². The van der Waals surface area contributed by atoms with Crippen LogP contribution >= 0.6 is 0 Å². The van der Waals surface area contributed by atoms with Gasteiger partial charge in [0.05, 0.1) is 13.2 Å². The summed E-state index contributed by atoms with van der Waals surface area (Å²) in [7, 11) is 0. The van der Waals surface area contributed by atoms with Gasteiger partial charge in [-0.15, -0.1) is 0 Å². The van der Waals surface area contributed by atoms with E-state index in [4.69, 9.17) is 9.47 Å². The molecule has 0 aromatic rings. The highest BCUT2D eigenvalue weighted by Crippen LogP contribution is 2.14. The van der Waals surface area contributed by atoms with Crippen LogP contribution in [0.1, 0.15) is 193 Å². The van der Waals surface area contributed by atoms with E-state index in [0.717, 1.165) is 38.5 Å². The Morgan fingerprint density at radius 2 is 0.575 bits per heavy atom. The highest BCUT2D eigenvalue weighted by Gasteiger charge is 2.04. The van der Waals surface area contributed by atoms with Crippen molar-refractivity contribution in [2.24, 2.45) is 0 Å². The normalized spacial score (nSPS) is 23.5. The monoisotopic (exact) mass is 562 g/mol.